The first kappa shape index (κ1) is 14.3. The summed E-state index contributed by atoms with van der Waals surface area (Å²) in [6.07, 6.45) is 0.0742. The largest absolute Gasteiger partial charge is 0.497 e. The van der Waals surface area contributed by atoms with Gasteiger partial charge in [0, 0.05) is 12.0 Å². The van der Waals surface area contributed by atoms with Crippen LogP contribution >= 0.6 is 0 Å². The first-order valence-corrected chi connectivity index (χ1v) is 5.70. The minimum absolute atomic E-state index is 0.0450. The van der Waals surface area contributed by atoms with Crippen molar-refractivity contribution >= 4 is 5.97 Å². The van der Waals surface area contributed by atoms with Crippen LogP contribution in [0.15, 0.2) is 18.2 Å². The molecule has 0 fully saturated rings. The molecule has 0 unspecified atom stereocenters. The fourth-order valence-electron chi connectivity index (χ4n) is 1.70. The SMILES string of the molecule is COc1ccc(OC)c([C@@H](O)CCCC(=O)O)c1. The molecule has 0 spiro atoms. The van der Waals surface area contributed by atoms with E-state index in [1.54, 1.807) is 25.3 Å². The lowest BCUT2D eigenvalue weighted by molar-refractivity contribution is -0.137. The van der Waals surface area contributed by atoms with E-state index >= 15 is 0 Å². The van der Waals surface area contributed by atoms with Gasteiger partial charge in [-0.1, -0.05) is 0 Å². The lowest BCUT2D eigenvalue weighted by Gasteiger charge is -2.15. The van der Waals surface area contributed by atoms with Gasteiger partial charge in [0.1, 0.15) is 11.5 Å². The molecule has 2 N–H and O–H groups in total. The summed E-state index contributed by atoms with van der Waals surface area (Å²) >= 11 is 0. The van der Waals surface area contributed by atoms with Gasteiger partial charge in [0.05, 0.1) is 20.3 Å². The summed E-state index contributed by atoms with van der Waals surface area (Å²) in [6, 6.07) is 5.16. The molecular weight excluding hydrogens is 236 g/mol. The van der Waals surface area contributed by atoms with Gasteiger partial charge in [-0.15, -0.1) is 0 Å². The molecule has 1 atom stereocenters. The van der Waals surface area contributed by atoms with Crippen molar-refractivity contribution in [3.05, 3.63) is 23.8 Å². The maximum atomic E-state index is 10.4. The maximum absolute atomic E-state index is 10.4. The highest BCUT2D eigenvalue weighted by Crippen LogP contribution is 2.31. The van der Waals surface area contributed by atoms with Crippen LogP contribution in [0.3, 0.4) is 0 Å². The van der Waals surface area contributed by atoms with Crippen LogP contribution in [0.1, 0.15) is 30.9 Å². The number of carboxylic acid groups (broad SMARTS) is 1. The van der Waals surface area contributed by atoms with Crippen molar-refractivity contribution in [1.29, 1.82) is 0 Å². The van der Waals surface area contributed by atoms with E-state index in [4.69, 9.17) is 14.6 Å². The molecule has 0 bridgehead atoms. The van der Waals surface area contributed by atoms with Crippen LogP contribution in [-0.4, -0.2) is 30.4 Å². The van der Waals surface area contributed by atoms with Crippen molar-refractivity contribution < 1.29 is 24.5 Å². The van der Waals surface area contributed by atoms with E-state index in [9.17, 15) is 9.90 Å². The number of hydrogen-bond acceptors (Lipinski definition) is 4. The summed E-state index contributed by atoms with van der Waals surface area (Å²) in [7, 11) is 3.07. The molecule has 5 heteroatoms. The van der Waals surface area contributed by atoms with Gasteiger partial charge in [-0.05, 0) is 31.0 Å². The number of aliphatic carboxylic acids is 1. The van der Waals surface area contributed by atoms with Gasteiger partial charge in [-0.2, -0.15) is 0 Å². The third-order valence-corrected chi connectivity index (χ3v) is 2.66. The van der Waals surface area contributed by atoms with Gasteiger partial charge in [0.25, 0.3) is 0 Å². The molecular formula is C13H18O5. The lowest BCUT2D eigenvalue weighted by atomic mass is 10.0. The molecule has 0 amide bonds. The molecule has 0 aliphatic carbocycles. The van der Waals surface area contributed by atoms with Crippen molar-refractivity contribution in [1.82, 2.24) is 0 Å². The van der Waals surface area contributed by atoms with E-state index in [1.807, 2.05) is 0 Å². The predicted molar refractivity (Wildman–Crippen MR) is 66.0 cm³/mol. The number of methoxy groups -OCH3 is 2. The molecule has 0 saturated carbocycles. The Hall–Kier alpha value is -1.75. The molecule has 100 valence electrons. The second-order valence-corrected chi connectivity index (χ2v) is 3.91. The minimum atomic E-state index is -0.861. The van der Waals surface area contributed by atoms with Gasteiger partial charge in [0.2, 0.25) is 0 Å². The van der Waals surface area contributed by atoms with Crippen LogP contribution in [0.2, 0.25) is 0 Å². The zero-order chi connectivity index (χ0) is 13.5. The third kappa shape index (κ3) is 3.92. The topological polar surface area (TPSA) is 76.0 Å². The van der Waals surface area contributed by atoms with Crippen molar-refractivity contribution in [3.63, 3.8) is 0 Å². The molecule has 0 aliphatic rings. The number of hydrogen-bond donors (Lipinski definition) is 2. The Kier molecular flexibility index (Phi) is 5.45. The number of carboxylic acids is 1. The van der Waals surface area contributed by atoms with Gasteiger partial charge >= 0.3 is 5.97 Å². The number of ether oxygens (including phenoxy) is 2. The summed E-state index contributed by atoms with van der Waals surface area (Å²) < 4.78 is 10.2. The normalized spacial score (nSPS) is 11.9. The summed E-state index contributed by atoms with van der Waals surface area (Å²) in [4.78, 5) is 10.4. The number of aliphatic hydroxyl groups excluding tert-OH is 1. The average Bonchev–Trinajstić information content (AvgIpc) is 2.37. The fraction of sp³-hybridized carbons (Fsp3) is 0.462. The fourth-order valence-corrected chi connectivity index (χ4v) is 1.70. The first-order chi connectivity index (χ1) is 8.58. The average molecular weight is 254 g/mol. The summed E-state index contributed by atoms with van der Waals surface area (Å²) in [5, 5.41) is 18.6. The molecule has 18 heavy (non-hydrogen) atoms. The highest BCUT2D eigenvalue weighted by atomic mass is 16.5. The number of carbonyl (C=O) groups is 1. The molecule has 1 rings (SSSR count). The van der Waals surface area contributed by atoms with Crippen molar-refractivity contribution in [3.8, 4) is 11.5 Å². The number of rotatable bonds is 7. The van der Waals surface area contributed by atoms with Crippen molar-refractivity contribution in [2.45, 2.75) is 25.4 Å². The van der Waals surface area contributed by atoms with E-state index in [0.717, 1.165) is 0 Å². The Morgan fingerprint density at radius 2 is 2.06 bits per heavy atom. The van der Waals surface area contributed by atoms with Crippen LogP contribution in [0.4, 0.5) is 0 Å². The van der Waals surface area contributed by atoms with Crippen molar-refractivity contribution in [2.24, 2.45) is 0 Å². The summed E-state index contributed by atoms with van der Waals surface area (Å²) in [5.74, 6) is 0.335. The van der Waals surface area contributed by atoms with E-state index in [-0.39, 0.29) is 6.42 Å². The highest BCUT2D eigenvalue weighted by molar-refractivity contribution is 5.66. The van der Waals surface area contributed by atoms with Gasteiger partial charge in [-0.25, -0.2) is 0 Å². The molecule has 1 aromatic rings. The molecule has 0 aromatic heterocycles. The lowest BCUT2D eigenvalue weighted by Crippen LogP contribution is -2.03. The molecule has 0 heterocycles. The Labute approximate surface area is 106 Å². The molecule has 0 aliphatic heterocycles. The highest BCUT2D eigenvalue weighted by Gasteiger charge is 2.14. The number of benzene rings is 1. The molecule has 1 aromatic carbocycles. The Bertz CT molecular complexity index is 402. The van der Waals surface area contributed by atoms with E-state index < -0.39 is 12.1 Å². The van der Waals surface area contributed by atoms with Crippen molar-refractivity contribution in [2.75, 3.05) is 14.2 Å². The van der Waals surface area contributed by atoms with Gasteiger partial charge in [-0.3, -0.25) is 4.79 Å². The minimum Gasteiger partial charge on any atom is -0.497 e. The van der Waals surface area contributed by atoms with E-state index in [0.29, 0.717) is 29.9 Å². The van der Waals surface area contributed by atoms with Crippen LogP contribution < -0.4 is 9.47 Å². The van der Waals surface area contributed by atoms with Gasteiger partial charge in [0.15, 0.2) is 0 Å². The Morgan fingerprint density at radius 1 is 1.33 bits per heavy atom. The third-order valence-electron chi connectivity index (χ3n) is 2.66. The summed E-state index contributed by atoms with van der Waals surface area (Å²) in [5.41, 5.74) is 0.613. The zero-order valence-corrected chi connectivity index (χ0v) is 10.5. The number of aliphatic hydroxyl groups is 1. The van der Waals surface area contributed by atoms with Gasteiger partial charge < -0.3 is 19.7 Å². The predicted octanol–water partition coefficient (Wildman–Crippen LogP) is 1.99. The molecule has 0 saturated heterocycles. The Morgan fingerprint density at radius 3 is 2.61 bits per heavy atom. The smallest absolute Gasteiger partial charge is 0.303 e. The summed E-state index contributed by atoms with van der Waals surface area (Å²) in [6.45, 7) is 0. The first-order valence-electron chi connectivity index (χ1n) is 5.70. The molecule has 0 radical (unpaired) electrons. The maximum Gasteiger partial charge on any atom is 0.303 e. The Balaban J connectivity index is 2.75. The molecule has 5 nitrogen and oxygen atoms in total. The van der Waals surface area contributed by atoms with E-state index in [1.165, 1.54) is 7.11 Å². The second-order valence-electron chi connectivity index (χ2n) is 3.91. The second kappa shape index (κ2) is 6.86. The van der Waals surface area contributed by atoms with E-state index in [2.05, 4.69) is 0 Å². The van der Waals surface area contributed by atoms with Crippen LogP contribution in [0.25, 0.3) is 0 Å². The quantitative estimate of drug-likeness (QED) is 0.778. The monoisotopic (exact) mass is 254 g/mol. The van der Waals surface area contributed by atoms with Crippen LogP contribution in [0.5, 0.6) is 11.5 Å². The zero-order valence-electron chi connectivity index (χ0n) is 10.5. The van der Waals surface area contributed by atoms with Crippen LogP contribution in [0, 0.1) is 0 Å². The standard InChI is InChI=1S/C13H18O5/c1-17-9-6-7-12(18-2)10(8-9)11(14)4-3-5-13(15)16/h6-8,11,14H,3-5H2,1-2H3,(H,15,16)/t11-/m0/s1. The van der Waals surface area contributed by atoms with Crippen LogP contribution in [-0.2, 0) is 4.79 Å².